The van der Waals surface area contributed by atoms with E-state index in [9.17, 15) is 19.2 Å². The molecule has 0 saturated carbocycles. The van der Waals surface area contributed by atoms with Crippen LogP contribution in [-0.2, 0) is 43.5 Å². The van der Waals surface area contributed by atoms with Crippen molar-refractivity contribution in [2.24, 2.45) is 0 Å². The molecule has 0 saturated heterocycles. The van der Waals surface area contributed by atoms with Gasteiger partial charge in [0.2, 0.25) is 0 Å². The molecule has 0 radical (unpaired) electrons. The Morgan fingerprint density at radius 1 is 0.564 bits per heavy atom. The first kappa shape index (κ1) is 30.6. The van der Waals surface area contributed by atoms with Gasteiger partial charge in [0.25, 0.3) is 0 Å². The van der Waals surface area contributed by atoms with Crippen molar-refractivity contribution in [2.45, 2.75) is 19.3 Å². The molecule has 0 aliphatic rings. The number of hydrogen-bond donors (Lipinski definition) is 0. The van der Waals surface area contributed by atoms with Crippen molar-refractivity contribution in [1.82, 2.24) is 0 Å². The van der Waals surface area contributed by atoms with E-state index in [0.29, 0.717) is 11.5 Å². The second-order valence-corrected chi connectivity index (χ2v) is 8.42. The summed E-state index contributed by atoms with van der Waals surface area (Å²) >= 11 is 0. The number of esters is 4. The van der Waals surface area contributed by atoms with E-state index < -0.39 is 23.9 Å². The van der Waals surface area contributed by atoms with Gasteiger partial charge >= 0.3 is 23.9 Å². The van der Waals surface area contributed by atoms with E-state index in [2.05, 4.69) is 23.3 Å². The van der Waals surface area contributed by atoms with E-state index in [1.54, 1.807) is 0 Å². The number of methoxy groups -OCH3 is 2. The lowest BCUT2D eigenvalue weighted by atomic mass is 9.78. The minimum absolute atomic E-state index is 0.0287. The Hall–Kier alpha value is -4.60. The summed E-state index contributed by atoms with van der Waals surface area (Å²) < 4.78 is 30.0. The smallest absolute Gasteiger partial charge is 0.331 e. The Balaban J connectivity index is 1.80. The largest absolute Gasteiger partial charge is 0.490 e. The molecule has 0 aromatic heterocycles. The van der Waals surface area contributed by atoms with E-state index in [1.165, 1.54) is 14.2 Å². The second kappa shape index (κ2) is 15.6. The Kier molecular flexibility index (Phi) is 12.3. The lowest BCUT2D eigenvalue weighted by molar-refractivity contribution is -0.140. The zero-order valence-corrected chi connectivity index (χ0v) is 22.3. The lowest BCUT2D eigenvalue weighted by Gasteiger charge is -2.26. The highest BCUT2D eigenvalue weighted by Gasteiger charge is 2.23. The molecule has 0 aliphatic heterocycles. The topological polar surface area (TPSA) is 124 Å². The summed E-state index contributed by atoms with van der Waals surface area (Å²) in [4.78, 5) is 45.0. The predicted octanol–water partition coefficient (Wildman–Crippen LogP) is 3.31. The Labute approximate surface area is 227 Å². The zero-order chi connectivity index (χ0) is 28.7. The first-order valence-electron chi connectivity index (χ1n) is 12.0. The molecule has 2 rings (SSSR count). The van der Waals surface area contributed by atoms with Crippen molar-refractivity contribution in [1.29, 1.82) is 0 Å². The van der Waals surface area contributed by atoms with Crippen molar-refractivity contribution in [2.75, 3.05) is 40.6 Å². The molecule has 10 heteroatoms. The SMILES string of the molecule is COC(=O)/C=C\C(=O)OCCOc1ccc(C(C)(C)c2ccc(OCCOC(=O)/C=C\C(=O)OC)cc2)cc1. The quantitative estimate of drug-likeness (QED) is 0.153. The van der Waals surface area contributed by atoms with Crippen molar-refractivity contribution in [3.05, 3.63) is 84.0 Å². The average Bonchev–Trinajstić information content (AvgIpc) is 2.95. The van der Waals surface area contributed by atoms with Gasteiger partial charge in [-0.3, -0.25) is 0 Å². The van der Waals surface area contributed by atoms with E-state index in [1.807, 2.05) is 48.5 Å². The summed E-state index contributed by atoms with van der Waals surface area (Å²) in [6, 6.07) is 15.2. The molecule has 0 spiro atoms. The van der Waals surface area contributed by atoms with Crippen LogP contribution in [0.3, 0.4) is 0 Å². The molecule has 0 fully saturated rings. The van der Waals surface area contributed by atoms with E-state index in [4.69, 9.17) is 18.9 Å². The van der Waals surface area contributed by atoms with Crippen LogP contribution in [0.5, 0.6) is 11.5 Å². The molecule has 0 aliphatic carbocycles. The number of benzene rings is 2. The summed E-state index contributed by atoms with van der Waals surface area (Å²) in [6.07, 6.45) is 3.96. The van der Waals surface area contributed by atoms with Gasteiger partial charge in [0, 0.05) is 29.7 Å². The Bertz CT molecular complexity index is 1070. The summed E-state index contributed by atoms with van der Waals surface area (Å²) in [6.45, 7) is 4.57. The number of ether oxygens (including phenoxy) is 6. The minimum Gasteiger partial charge on any atom is -0.490 e. The van der Waals surface area contributed by atoms with Crippen LogP contribution in [0.25, 0.3) is 0 Å². The molecule has 10 nitrogen and oxygen atoms in total. The third-order valence-corrected chi connectivity index (χ3v) is 5.46. The van der Waals surface area contributed by atoms with Crippen LogP contribution < -0.4 is 9.47 Å². The summed E-state index contributed by atoms with van der Waals surface area (Å²) in [5.74, 6) is -1.35. The molecule has 0 unspecified atom stereocenters. The summed E-state index contributed by atoms with van der Waals surface area (Å²) in [7, 11) is 2.43. The molecule has 0 N–H and O–H groups in total. The van der Waals surface area contributed by atoms with E-state index in [0.717, 1.165) is 35.4 Å². The zero-order valence-electron chi connectivity index (χ0n) is 22.3. The molecule has 208 valence electrons. The third kappa shape index (κ3) is 10.7. The van der Waals surface area contributed by atoms with E-state index in [-0.39, 0.29) is 31.8 Å². The molecule has 2 aromatic carbocycles. The van der Waals surface area contributed by atoms with Gasteiger partial charge in [-0.2, -0.15) is 0 Å². The van der Waals surface area contributed by atoms with Crippen molar-refractivity contribution in [3.63, 3.8) is 0 Å². The monoisotopic (exact) mass is 540 g/mol. The van der Waals surface area contributed by atoms with Gasteiger partial charge in [-0.15, -0.1) is 0 Å². The van der Waals surface area contributed by atoms with Gasteiger partial charge in [-0.05, 0) is 35.4 Å². The highest BCUT2D eigenvalue weighted by molar-refractivity contribution is 5.92. The van der Waals surface area contributed by atoms with Crippen LogP contribution in [0.2, 0.25) is 0 Å². The van der Waals surface area contributed by atoms with Crippen LogP contribution in [0, 0.1) is 0 Å². The van der Waals surface area contributed by atoms with Crippen molar-refractivity contribution >= 4 is 23.9 Å². The highest BCUT2D eigenvalue weighted by Crippen LogP contribution is 2.33. The fourth-order valence-electron chi connectivity index (χ4n) is 3.21. The van der Waals surface area contributed by atoms with Gasteiger partial charge in [0.05, 0.1) is 14.2 Å². The number of hydrogen-bond acceptors (Lipinski definition) is 10. The van der Waals surface area contributed by atoms with Crippen LogP contribution in [0.15, 0.2) is 72.8 Å². The second-order valence-electron chi connectivity index (χ2n) is 8.42. The molecule has 0 amide bonds. The minimum atomic E-state index is -0.661. The van der Waals surface area contributed by atoms with Crippen molar-refractivity contribution < 1.29 is 47.6 Å². The fraction of sp³-hybridized carbons (Fsp3) is 0.310. The Morgan fingerprint density at radius 2 is 0.897 bits per heavy atom. The van der Waals surface area contributed by atoms with E-state index >= 15 is 0 Å². The molecule has 0 heterocycles. The first-order chi connectivity index (χ1) is 18.6. The maximum Gasteiger partial charge on any atom is 0.331 e. The first-order valence-corrected chi connectivity index (χ1v) is 12.0. The predicted molar refractivity (Wildman–Crippen MR) is 140 cm³/mol. The summed E-state index contributed by atoms with van der Waals surface area (Å²) in [5, 5.41) is 0. The maximum atomic E-state index is 11.5. The molecular weight excluding hydrogens is 508 g/mol. The molecule has 39 heavy (non-hydrogen) atoms. The van der Waals surface area contributed by atoms with Gasteiger partial charge < -0.3 is 28.4 Å². The average molecular weight is 541 g/mol. The normalized spacial score (nSPS) is 11.2. The van der Waals surface area contributed by atoms with Crippen LogP contribution >= 0.6 is 0 Å². The van der Waals surface area contributed by atoms with Gasteiger partial charge in [0.1, 0.15) is 37.9 Å². The number of carbonyl (C=O) groups is 4. The molecule has 2 aromatic rings. The molecule has 0 atom stereocenters. The number of carbonyl (C=O) groups excluding carboxylic acids is 4. The molecule has 0 bridgehead atoms. The standard InChI is InChI=1S/C29H32O10/c1-29(2,21-5-9-23(10-6-21)36-17-19-38-27(32)15-13-25(30)34-3)22-7-11-24(12-8-22)37-18-20-39-28(33)16-14-26(31)35-4/h5-16H,17-20H2,1-4H3/b15-13-,16-14-. The van der Waals surface area contributed by atoms with Crippen LogP contribution in [0.1, 0.15) is 25.0 Å². The van der Waals surface area contributed by atoms with Gasteiger partial charge in [-0.1, -0.05) is 38.1 Å². The summed E-state index contributed by atoms with van der Waals surface area (Å²) in [5.41, 5.74) is 1.82. The van der Waals surface area contributed by atoms with Crippen molar-refractivity contribution in [3.8, 4) is 11.5 Å². The lowest BCUT2D eigenvalue weighted by Crippen LogP contribution is -2.19. The fourth-order valence-corrected chi connectivity index (χ4v) is 3.21. The van der Waals surface area contributed by atoms with Gasteiger partial charge in [0.15, 0.2) is 0 Å². The van der Waals surface area contributed by atoms with Crippen LogP contribution in [0.4, 0.5) is 0 Å². The Morgan fingerprint density at radius 3 is 1.23 bits per heavy atom. The highest BCUT2D eigenvalue weighted by atomic mass is 16.6. The number of rotatable bonds is 14. The maximum absolute atomic E-state index is 11.5. The molecular formula is C29H32O10. The third-order valence-electron chi connectivity index (χ3n) is 5.46. The van der Waals surface area contributed by atoms with Gasteiger partial charge in [-0.25, -0.2) is 19.2 Å². The van der Waals surface area contributed by atoms with Crippen LogP contribution in [-0.4, -0.2) is 64.5 Å².